The number of hydrogen-bond acceptors (Lipinski definition) is 7. The molecular formula is C19H17NO7. The Balaban J connectivity index is 2.16. The first-order valence-corrected chi connectivity index (χ1v) is 7.83. The van der Waals surface area contributed by atoms with Crippen molar-refractivity contribution in [2.75, 3.05) is 13.7 Å². The van der Waals surface area contributed by atoms with Crippen molar-refractivity contribution in [2.45, 2.75) is 6.92 Å². The Morgan fingerprint density at radius 2 is 2.00 bits per heavy atom. The van der Waals surface area contributed by atoms with Gasteiger partial charge in [-0.15, -0.1) is 0 Å². The van der Waals surface area contributed by atoms with Crippen molar-refractivity contribution in [3.8, 4) is 5.75 Å². The van der Waals surface area contributed by atoms with E-state index in [2.05, 4.69) is 10.1 Å². The van der Waals surface area contributed by atoms with E-state index < -0.39 is 34.6 Å². The zero-order valence-corrected chi connectivity index (χ0v) is 14.6. The van der Waals surface area contributed by atoms with Gasteiger partial charge in [0.25, 0.3) is 5.91 Å². The van der Waals surface area contributed by atoms with Crippen LogP contribution in [-0.2, 0) is 9.53 Å². The molecule has 27 heavy (non-hydrogen) atoms. The average molecular weight is 371 g/mol. The van der Waals surface area contributed by atoms with Crippen LogP contribution in [0.5, 0.6) is 5.75 Å². The third kappa shape index (κ3) is 5.15. The Morgan fingerprint density at radius 1 is 1.26 bits per heavy atom. The summed E-state index contributed by atoms with van der Waals surface area (Å²) in [5, 5.41) is 12.2. The monoisotopic (exact) mass is 371 g/mol. The minimum Gasteiger partial charge on any atom is -0.507 e. The molecule has 0 fully saturated rings. The second-order valence-electron chi connectivity index (χ2n) is 5.49. The van der Waals surface area contributed by atoms with Crippen LogP contribution in [0.2, 0.25) is 0 Å². The van der Waals surface area contributed by atoms with Gasteiger partial charge in [-0.05, 0) is 30.7 Å². The topological polar surface area (TPSA) is 123 Å². The van der Waals surface area contributed by atoms with Crippen LogP contribution in [-0.4, -0.2) is 36.4 Å². The fourth-order valence-corrected chi connectivity index (χ4v) is 2.19. The van der Waals surface area contributed by atoms with E-state index in [4.69, 9.17) is 4.42 Å². The molecule has 0 bridgehead atoms. The molecular weight excluding hydrogens is 354 g/mol. The van der Waals surface area contributed by atoms with Gasteiger partial charge in [-0.25, -0.2) is 4.79 Å². The number of nitrogens with one attached hydrogen (secondary N) is 1. The summed E-state index contributed by atoms with van der Waals surface area (Å²) in [6.07, 6.45) is 2.48. The molecule has 2 N–H and O–H groups in total. The van der Waals surface area contributed by atoms with Gasteiger partial charge in [0, 0.05) is 11.6 Å². The highest BCUT2D eigenvalue weighted by Crippen LogP contribution is 2.16. The standard InChI is InChI=1S/C19H17NO7/c1-11-8-15(22)17(19(25)27-11)14(21)7-6-12-4-3-5-13(9-12)18(24)20-10-16(23)26-2/h3-9,22H,10H2,1-2H3,(H,20,24)/b7-6+. The third-order valence-corrected chi connectivity index (χ3v) is 3.50. The average Bonchev–Trinajstić information content (AvgIpc) is 2.63. The summed E-state index contributed by atoms with van der Waals surface area (Å²) in [6.45, 7) is 1.21. The Morgan fingerprint density at radius 3 is 2.67 bits per heavy atom. The van der Waals surface area contributed by atoms with Crippen LogP contribution in [0.1, 0.15) is 32.0 Å². The van der Waals surface area contributed by atoms with E-state index in [0.717, 1.165) is 6.08 Å². The predicted molar refractivity (Wildman–Crippen MR) is 95.5 cm³/mol. The van der Waals surface area contributed by atoms with Crippen LogP contribution in [0, 0.1) is 6.92 Å². The first-order valence-electron chi connectivity index (χ1n) is 7.83. The maximum atomic E-state index is 12.2. The number of aryl methyl sites for hydroxylation is 1. The molecule has 0 aliphatic heterocycles. The summed E-state index contributed by atoms with van der Waals surface area (Å²) < 4.78 is 9.25. The van der Waals surface area contributed by atoms with E-state index in [1.807, 2.05) is 0 Å². The van der Waals surface area contributed by atoms with E-state index in [-0.39, 0.29) is 17.9 Å². The van der Waals surface area contributed by atoms with Gasteiger partial charge in [0.1, 0.15) is 23.6 Å². The van der Waals surface area contributed by atoms with Crippen molar-refractivity contribution >= 4 is 23.7 Å². The van der Waals surface area contributed by atoms with Gasteiger partial charge in [0.15, 0.2) is 5.78 Å². The van der Waals surface area contributed by atoms with Gasteiger partial charge in [0.2, 0.25) is 0 Å². The van der Waals surface area contributed by atoms with Crippen molar-refractivity contribution in [2.24, 2.45) is 0 Å². The number of rotatable bonds is 6. The maximum absolute atomic E-state index is 12.2. The molecule has 0 saturated carbocycles. The third-order valence-electron chi connectivity index (χ3n) is 3.50. The largest absolute Gasteiger partial charge is 0.507 e. The zero-order chi connectivity index (χ0) is 20.0. The summed E-state index contributed by atoms with van der Waals surface area (Å²) in [4.78, 5) is 47.0. The van der Waals surface area contributed by atoms with Gasteiger partial charge < -0.3 is 19.6 Å². The molecule has 0 saturated heterocycles. The fourth-order valence-electron chi connectivity index (χ4n) is 2.19. The van der Waals surface area contributed by atoms with Gasteiger partial charge in [-0.2, -0.15) is 0 Å². The quantitative estimate of drug-likeness (QED) is 0.447. The van der Waals surface area contributed by atoms with E-state index in [1.165, 1.54) is 38.3 Å². The van der Waals surface area contributed by atoms with Crippen LogP contribution in [0.4, 0.5) is 0 Å². The number of ketones is 1. The number of benzene rings is 1. The number of methoxy groups -OCH3 is 1. The molecule has 0 aliphatic carbocycles. The molecule has 1 aromatic carbocycles. The summed E-state index contributed by atoms with van der Waals surface area (Å²) in [7, 11) is 1.21. The van der Waals surface area contributed by atoms with Crippen LogP contribution in [0.15, 0.2) is 45.6 Å². The molecule has 8 heteroatoms. The van der Waals surface area contributed by atoms with E-state index in [0.29, 0.717) is 5.56 Å². The molecule has 8 nitrogen and oxygen atoms in total. The van der Waals surface area contributed by atoms with Gasteiger partial charge in [-0.1, -0.05) is 18.2 Å². The summed E-state index contributed by atoms with van der Waals surface area (Å²) in [6, 6.07) is 7.43. The number of allylic oxidation sites excluding steroid dienone is 1. The van der Waals surface area contributed by atoms with E-state index in [1.54, 1.807) is 12.1 Å². The van der Waals surface area contributed by atoms with Gasteiger partial charge >= 0.3 is 11.6 Å². The number of aromatic hydroxyl groups is 1. The van der Waals surface area contributed by atoms with Crippen molar-refractivity contribution in [1.29, 1.82) is 0 Å². The second kappa shape index (κ2) is 8.61. The molecule has 0 aliphatic rings. The lowest BCUT2D eigenvalue weighted by molar-refractivity contribution is -0.139. The Bertz CT molecular complexity index is 972. The molecule has 0 radical (unpaired) electrons. The number of amides is 1. The van der Waals surface area contributed by atoms with Crippen LogP contribution >= 0.6 is 0 Å². The first kappa shape index (κ1) is 19.6. The first-order chi connectivity index (χ1) is 12.8. The van der Waals surface area contributed by atoms with Crippen molar-refractivity contribution in [3.63, 3.8) is 0 Å². The highest BCUT2D eigenvalue weighted by Gasteiger charge is 2.16. The number of ether oxygens (including phenoxy) is 1. The van der Waals surface area contributed by atoms with Crippen LogP contribution < -0.4 is 10.9 Å². The molecule has 2 aromatic rings. The highest BCUT2D eigenvalue weighted by molar-refractivity contribution is 6.08. The maximum Gasteiger partial charge on any atom is 0.351 e. The number of carbonyl (C=O) groups excluding carboxylic acids is 3. The molecule has 0 spiro atoms. The minimum atomic E-state index is -0.932. The summed E-state index contributed by atoms with van der Waals surface area (Å²) in [5.74, 6) is -2.08. The molecule has 0 unspecified atom stereocenters. The molecule has 1 heterocycles. The van der Waals surface area contributed by atoms with Crippen LogP contribution in [0.25, 0.3) is 6.08 Å². The summed E-state index contributed by atoms with van der Waals surface area (Å²) in [5.41, 5.74) is -0.627. The second-order valence-corrected chi connectivity index (χ2v) is 5.49. The molecule has 2 rings (SSSR count). The van der Waals surface area contributed by atoms with Gasteiger partial charge in [-0.3, -0.25) is 14.4 Å². The zero-order valence-electron chi connectivity index (χ0n) is 14.6. The lowest BCUT2D eigenvalue weighted by Crippen LogP contribution is -2.30. The lowest BCUT2D eigenvalue weighted by atomic mass is 10.1. The SMILES string of the molecule is COC(=O)CNC(=O)c1cccc(/C=C/C(=O)c2c(O)cc(C)oc2=O)c1. The molecule has 140 valence electrons. The Kier molecular flexibility index (Phi) is 6.27. The number of carbonyl (C=O) groups is 3. The van der Waals surface area contributed by atoms with E-state index >= 15 is 0 Å². The highest BCUT2D eigenvalue weighted by atomic mass is 16.5. The van der Waals surface area contributed by atoms with Crippen LogP contribution in [0.3, 0.4) is 0 Å². The van der Waals surface area contributed by atoms with Crippen molar-refractivity contribution < 1.29 is 28.6 Å². The Hall–Kier alpha value is -3.68. The molecule has 1 amide bonds. The lowest BCUT2D eigenvalue weighted by Gasteiger charge is -2.04. The minimum absolute atomic E-state index is 0.184. The van der Waals surface area contributed by atoms with E-state index in [9.17, 15) is 24.3 Å². The number of esters is 1. The van der Waals surface area contributed by atoms with Crippen molar-refractivity contribution in [1.82, 2.24) is 5.32 Å². The van der Waals surface area contributed by atoms with Gasteiger partial charge in [0.05, 0.1) is 7.11 Å². The molecule has 1 aromatic heterocycles. The van der Waals surface area contributed by atoms with Crippen molar-refractivity contribution in [3.05, 3.63) is 69.3 Å². The predicted octanol–water partition coefficient (Wildman–Crippen LogP) is 1.45. The normalized spacial score (nSPS) is 10.6. The number of hydrogen-bond donors (Lipinski definition) is 2. The fraction of sp³-hybridized carbons (Fsp3) is 0.158. The smallest absolute Gasteiger partial charge is 0.351 e. The molecule has 0 atom stereocenters. The summed E-state index contributed by atoms with van der Waals surface area (Å²) >= 11 is 0. The Labute approximate surface area is 154 Å².